The van der Waals surface area contributed by atoms with Gasteiger partial charge in [0.2, 0.25) is 11.8 Å². The standard InChI is InChI=1S/C58H105N3O4/c1-5-7-9-11-13-15-17-19-21-23-25-27-29-31-35-40-55(62)61(43-38-42-60(3)4)54(57(64)59-58-48-51-45-52(49-58)47-53(46-51)50-58)39-34-33-37-44-65-56(63)41-36-32-30-28-26-24-22-20-18-16-14-12-10-8-6-2/h19-22,51-54H,5-18,23-50H2,1-4H3,(H,59,64)/b21-19-,22-20-. The molecular formula is C58H105N3O4. The molecule has 4 bridgehead atoms. The largest absolute Gasteiger partial charge is 0.466 e. The second-order valence-corrected chi connectivity index (χ2v) is 21.7. The molecule has 0 heterocycles. The third-order valence-corrected chi connectivity index (χ3v) is 15.1. The molecule has 2 amide bonds. The van der Waals surface area contributed by atoms with Crippen molar-refractivity contribution >= 4 is 17.8 Å². The maximum atomic E-state index is 14.6. The van der Waals surface area contributed by atoms with Crippen LogP contribution in [0.3, 0.4) is 0 Å². The van der Waals surface area contributed by atoms with Gasteiger partial charge in [0.05, 0.1) is 6.61 Å². The summed E-state index contributed by atoms with van der Waals surface area (Å²) in [7, 11) is 4.17. The van der Waals surface area contributed by atoms with Crippen LogP contribution < -0.4 is 5.32 Å². The highest BCUT2D eigenvalue weighted by Crippen LogP contribution is 2.55. The van der Waals surface area contributed by atoms with Gasteiger partial charge in [-0.05, 0) is 167 Å². The molecule has 0 spiro atoms. The van der Waals surface area contributed by atoms with Crippen molar-refractivity contribution in [2.75, 3.05) is 33.8 Å². The number of ether oxygens (including phenoxy) is 1. The molecule has 0 aromatic heterocycles. The predicted molar refractivity (Wildman–Crippen MR) is 276 cm³/mol. The van der Waals surface area contributed by atoms with Crippen LogP contribution in [0, 0.1) is 17.8 Å². The lowest BCUT2D eigenvalue weighted by Gasteiger charge is -2.57. The van der Waals surface area contributed by atoms with Gasteiger partial charge in [0, 0.05) is 24.9 Å². The molecule has 376 valence electrons. The third kappa shape index (κ3) is 26.8. The van der Waals surface area contributed by atoms with Crippen molar-refractivity contribution in [3.8, 4) is 0 Å². The SMILES string of the molecule is CCCCCCCC/C=C\CCCCCCCC(=O)OCCCCCC(C(=O)NC12CC3CC(CC(C3)C1)C2)N(CCCN(C)C)C(=O)CCCCCCC/C=C\CCCCCCCC. The highest BCUT2D eigenvalue weighted by Gasteiger charge is 2.52. The van der Waals surface area contributed by atoms with Gasteiger partial charge in [0.25, 0.3) is 0 Å². The van der Waals surface area contributed by atoms with E-state index >= 15 is 0 Å². The van der Waals surface area contributed by atoms with Crippen LogP contribution in [0.5, 0.6) is 0 Å². The van der Waals surface area contributed by atoms with E-state index < -0.39 is 6.04 Å². The highest BCUT2D eigenvalue weighted by molar-refractivity contribution is 5.88. The molecule has 7 nitrogen and oxygen atoms in total. The molecule has 65 heavy (non-hydrogen) atoms. The minimum Gasteiger partial charge on any atom is -0.466 e. The van der Waals surface area contributed by atoms with E-state index in [4.69, 9.17) is 4.74 Å². The summed E-state index contributed by atoms with van der Waals surface area (Å²) >= 11 is 0. The predicted octanol–water partition coefficient (Wildman–Crippen LogP) is 15.4. The molecule has 1 atom stereocenters. The fraction of sp³-hybridized carbons (Fsp3) is 0.879. The Kier molecular flexibility index (Phi) is 32.4. The van der Waals surface area contributed by atoms with Gasteiger partial charge in [-0.1, -0.05) is 147 Å². The quantitative estimate of drug-likeness (QED) is 0.0375. The zero-order chi connectivity index (χ0) is 46.6. The number of nitrogens with zero attached hydrogens (tertiary/aromatic N) is 2. The monoisotopic (exact) mass is 908 g/mol. The topological polar surface area (TPSA) is 79.0 Å². The van der Waals surface area contributed by atoms with E-state index in [2.05, 4.69) is 62.5 Å². The Labute approximate surface area is 402 Å². The average Bonchev–Trinajstić information content (AvgIpc) is 3.27. The number of hydrogen-bond acceptors (Lipinski definition) is 5. The first-order valence-corrected chi connectivity index (χ1v) is 28.5. The van der Waals surface area contributed by atoms with Crippen LogP contribution in [-0.2, 0) is 19.1 Å². The third-order valence-electron chi connectivity index (χ3n) is 15.1. The minimum atomic E-state index is -0.440. The van der Waals surface area contributed by atoms with Crippen molar-refractivity contribution in [1.29, 1.82) is 0 Å². The van der Waals surface area contributed by atoms with Gasteiger partial charge in [-0.2, -0.15) is 0 Å². The van der Waals surface area contributed by atoms with E-state index in [9.17, 15) is 14.4 Å². The minimum absolute atomic E-state index is 0.0793. The number of unbranched alkanes of at least 4 members (excludes halogenated alkanes) is 24. The van der Waals surface area contributed by atoms with Crippen molar-refractivity contribution in [2.45, 2.75) is 276 Å². The van der Waals surface area contributed by atoms with Gasteiger partial charge in [-0.25, -0.2) is 0 Å². The van der Waals surface area contributed by atoms with Crippen LogP contribution in [0.2, 0.25) is 0 Å². The second kappa shape index (κ2) is 36.8. The molecule has 0 aromatic carbocycles. The van der Waals surface area contributed by atoms with Gasteiger partial charge < -0.3 is 19.9 Å². The summed E-state index contributed by atoms with van der Waals surface area (Å²) in [6.07, 6.45) is 54.2. The van der Waals surface area contributed by atoms with Crippen molar-refractivity contribution in [2.24, 2.45) is 17.8 Å². The number of esters is 1. The molecule has 4 aliphatic carbocycles. The van der Waals surface area contributed by atoms with E-state index in [0.717, 1.165) is 108 Å². The van der Waals surface area contributed by atoms with Gasteiger partial charge in [-0.3, -0.25) is 14.4 Å². The summed E-state index contributed by atoms with van der Waals surface area (Å²) in [6.45, 7) is 6.50. The maximum Gasteiger partial charge on any atom is 0.305 e. The first-order chi connectivity index (χ1) is 31.7. The van der Waals surface area contributed by atoms with Crippen LogP contribution >= 0.6 is 0 Å². The lowest BCUT2D eigenvalue weighted by atomic mass is 9.53. The Morgan fingerprint density at radius 1 is 0.538 bits per heavy atom. The van der Waals surface area contributed by atoms with E-state index in [-0.39, 0.29) is 23.3 Å². The van der Waals surface area contributed by atoms with Crippen molar-refractivity contribution in [3.63, 3.8) is 0 Å². The molecule has 0 aromatic rings. The van der Waals surface area contributed by atoms with Gasteiger partial charge in [0.15, 0.2) is 0 Å². The van der Waals surface area contributed by atoms with E-state index in [0.29, 0.717) is 32.4 Å². The number of allylic oxidation sites excluding steroid dienone is 4. The molecule has 4 fully saturated rings. The highest BCUT2D eigenvalue weighted by atomic mass is 16.5. The second-order valence-electron chi connectivity index (χ2n) is 21.7. The Balaban J connectivity index is 1.39. The van der Waals surface area contributed by atoms with Crippen LogP contribution in [0.15, 0.2) is 24.3 Å². The smallest absolute Gasteiger partial charge is 0.305 e. The molecule has 0 saturated heterocycles. The van der Waals surface area contributed by atoms with Gasteiger partial charge in [0.1, 0.15) is 6.04 Å². The van der Waals surface area contributed by atoms with Crippen LogP contribution in [0.1, 0.15) is 264 Å². The zero-order valence-corrected chi connectivity index (χ0v) is 43.3. The summed E-state index contributed by atoms with van der Waals surface area (Å²) < 4.78 is 5.66. The number of carbonyl (C=O) groups excluding carboxylic acids is 3. The van der Waals surface area contributed by atoms with Gasteiger partial charge in [-0.15, -0.1) is 0 Å². The lowest BCUT2D eigenvalue weighted by molar-refractivity contribution is -0.144. The Morgan fingerprint density at radius 3 is 1.45 bits per heavy atom. The summed E-state index contributed by atoms with van der Waals surface area (Å²) in [6, 6.07) is -0.440. The molecule has 7 heteroatoms. The molecule has 1 N–H and O–H groups in total. The molecular weight excluding hydrogens is 803 g/mol. The summed E-state index contributed by atoms with van der Waals surface area (Å²) in [5, 5.41) is 3.68. The van der Waals surface area contributed by atoms with E-state index in [1.54, 1.807) is 0 Å². The number of amides is 2. The Hall–Kier alpha value is -2.15. The first kappa shape index (κ1) is 57.2. The molecule has 4 saturated carbocycles. The molecule has 1 unspecified atom stereocenters. The van der Waals surface area contributed by atoms with Crippen LogP contribution in [0.4, 0.5) is 0 Å². The first-order valence-electron chi connectivity index (χ1n) is 28.5. The van der Waals surface area contributed by atoms with Crippen LogP contribution in [-0.4, -0.2) is 73.0 Å². The van der Waals surface area contributed by atoms with Crippen LogP contribution in [0.25, 0.3) is 0 Å². The zero-order valence-electron chi connectivity index (χ0n) is 43.3. The number of carbonyl (C=O) groups is 3. The fourth-order valence-corrected chi connectivity index (χ4v) is 11.8. The van der Waals surface area contributed by atoms with Gasteiger partial charge >= 0.3 is 5.97 Å². The molecule has 0 aliphatic heterocycles. The lowest BCUT2D eigenvalue weighted by Crippen LogP contribution is -2.63. The summed E-state index contributed by atoms with van der Waals surface area (Å²) in [5.74, 6) is 2.40. The fourth-order valence-electron chi connectivity index (χ4n) is 11.8. The summed E-state index contributed by atoms with van der Waals surface area (Å²) in [5.41, 5.74) is -0.0793. The number of rotatable bonds is 43. The van der Waals surface area contributed by atoms with Crippen molar-refractivity contribution in [1.82, 2.24) is 15.1 Å². The molecule has 0 radical (unpaired) electrons. The Morgan fingerprint density at radius 2 is 0.969 bits per heavy atom. The summed E-state index contributed by atoms with van der Waals surface area (Å²) in [4.78, 5) is 45.5. The molecule has 4 rings (SSSR count). The van der Waals surface area contributed by atoms with Crippen molar-refractivity contribution < 1.29 is 19.1 Å². The average molecular weight is 908 g/mol. The van der Waals surface area contributed by atoms with Crippen molar-refractivity contribution in [3.05, 3.63) is 24.3 Å². The Bertz CT molecular complexity index is 1240. The van der Waals surface area contributed by atoms with E-state index in [1.165, 1.54) is 148 Å². The van der Waals surface area contributed by atoms with E-state index in [1.807, 2.05) is 4.90 Å². The number of hydrogen-bond donors (Lipinski definition) is 1. The molecule has 4 aliphatic rings. The maximum absolute atomic E-state index is 14.6. The normalized spacial score (nSPS) is 20.7. The number of nitrogens with one attached hydrogen (secondary N) is 1.